The maximum atomic E-state index is 12.6. The van der Waals surface area contributed by atoms with Crippen LogP contribution in [0.5, 0.6) is 0 Å². The molecule has 0 N–H and O–H groups in total. The topological polar surface area (TPSA) is 74.8 Å². The fourth-order valence-electron chi connectivity index (χ4n) is 2.86. The zero-order valence-corrected chi connectivity index (χ0v) is 14.6. The third kappa shape index (κ3) is 3.26. The molecule has 0 unspecified atom stereocenters. The van der Waals surface area contributed by atoms with Gasteiger partial charge in [-0.05, 0) is 31.0 Å². The molecule has 1 aliphatic rings. The Bertz CT molecular complexity index is 905. The van der Waals surface area contributed by atoms with Crippen LogP contribution in [0, 0.1) is 13.8 Å². The van der Waals surface area contributed by atoms with Crippen molar-refractivity contribution in [2.75, 3.05) is 6.54 Å². The molecule has 0 atom stereocenters. The van der Waals surface area contributed by atoms with Gasteiger partial charge in [0, 0.05) is 5.56 Å². The molecule has 1 fully saturated rings. The largest absolute Gasteiger partial charge is 0.334 e. The van der Waals surface area contributed by atoms with Crippen molar-refractivity contribution in [3.05, 3.63) is 70.8 Å². The zero-order valence-electron chi connectivity index (χ0n) is 14.6. The van der Waals surface area contributed by atoms with Gasteiger partial charge in [-0.1, -0.05) is 48.0 Å². The van der Waals surface area contributed by atoms with Crippen LogP contribution in [-0.4, -0.2) is 40.0 Å². The van der Waals surface area contributed by atoms with Gasteiger partial charge >= 0.3 is 17.8 Å². The van der Waals surface area contributed by atoms with Crippen LogP contribution >= 0.6 is 0 Å². The Hall–Kier alpha value is -3.28. The van der Waals surface area contributed by atoms with E-state index in [2.05, 4.69) is 0 Å². The van der Waals surface area contributed by atoms with Crippen molar-refractivity contribution in [1.29, 1.82) is 0 Å². The number of Topliss-reactive ketones (excluding diaryl/α,β-unsaturated/α-hetero) is 1. The van der Waals surface area contributed by atoms with Crippen molar-refractivity contribution in [1.82, 2.24) is 9.80 Å². The minimum atomic E-state index is -0.968. The molecular weight excluding hydrogens is 332 g/mol. The van der Waals surface area contributed by atoms with E-state index in [-0.39, 0.29) is 12.3 Å². The molecule has 3 rings (SSSR count). The van der Waals surface area contributed by atoms with Crippen LogP contribution in [0.1, 0.15) is 27.0 Å². The van der Waals surface area contributed by atoms with E-state index in [0.717, 1.165) is 26.5 Å². The summed E-state index contributed by atoms with van der Waals surface area (Å²) in [6.45, 7) is 3.19. The summed E-state index contributed by atoms with van der Waals surface area (Å²) in [4.78, 5) is 51.0. The smallest absolute Gasteiger partial charge is 0.292 e. The van der Waals surface area contributed by atoms with Crippen molar-refractivity contribution in [3.63, 3.8) is 0 Å². The average Bonchev–Trinajstić information content (AvgIpc) is 2.82. The zero-order chi connectivity index (χ0) is 18.8. The van der Waals surface area contributed by atoms with Crippen LogP contribution in [-0.2, 0) is 16.1 Å². The Balaban J connectivity index is 1.79. The minimum Gasteiger partial charge on any atom is -0.292 e. The van der Waals surface area contributed by atoms with Crippen molar-refractivity contribution in [2.45, 2.75) is 20.4 Å². The quantitative estimate of drug-likeness (QED) is 0.472. The Kier molecular flexibility index (Phi) is 4.67. The van der Waals surface area contributed by atoms with E-state index < -0.39 is 24.4 Å². The number of hydrogen-bond acceptors (Lipinski definition) is 4. The standard InChI is InChI=1S/C20H18N2O4/c1-13-8-9-14(2)16(10-13)17(23)12-22-19(25)18(24)21(20(22)26)11-15-6-4-3-5-7-15/h3-10H,11-12H2,1-2H3. The summed E-state index contributed by atoms with van der Waals surface area (Å²) in [5.41, 5.74) is 2.83. The molecular formula is C20H18N2O4. The number of nitrogens with zero attached hydrogens (tertiary/aromatic N) is 2. The van der Waals surface area contributed by atoms with Crippen LogP contribution in [0.3, 0.4) is 0 Å². The predicted octanol–water partition coefficient (Wildman–Crippen LogP) is 2.48. The summed E-state index contributed by atoms with van der Waals surface area (Å²) in [5, 5.41) is 0. The van der Waals surface area contributed by atoms with Crippen LogP contribution in [0.25, 0.3) is 0 Å². The van der Waals surface area contributed by atoms with E-state index in [1.165, 1.54) is 0 Å². The normalized spacial score (nSPS) is 14.3. The average molecular weight is 350 g/mol. The molecule has 0 aromatic heterocycles. The second-order valence-electron chi connectivity index (χ2n) is 6.29. The molecule has 6 nitrogen and oxygen atoms in total. The monoisotopic (exact) mass is 350 g/mol. The number of urea groups is 1. The molecule has 1 heterocycles. The molecule has 6 heteroatoms. The van der Waals surface area contributed by atoms with Gasteiger partial charge in [0.05, 0.1) is 13.1 Å². The summed E-state index contributed by atoms with van der Waals surface area (Å²) < 4.78 is 0. The minimum absolute atomic E-state index is 0.00158. The van der Waals surface area contributed by atoms with Crippen molar-refractivity contribution in [2.24, 2.45) is 0 Å². The number of aryl methyl sites for hydroxylation is 2. The number of ketones is 1. The molecule has 1 saturated heterocycles. The molecule has 132 valence electrons. The van der Waals surface area contributed by atoms with E-state index >= 15 is 0 Å². The van der Waals surface area contributed by atoms with Gasteiger partial charge in [-0.25, -0.2) is 9.69 Å². The van der Waals surface area contributed by atoms with Gasteiger partial charge in [0.1, 0.15) is 0 Å². The van der Waals surface area contributed by atoms with E-state index in [0.29, 0.717) is 5.56 Å². The van der Waals surface area contributed by atoms with E-state index in [9.17, 15) is 19.2 Å². The molecule has 0 saturated carbocycles. The molecule has 0 bridgehead atoms. The van der Waals surface area contributed by atoms with E-state index in [1.807, 2.05) is 25.1 Å². The highest BCUT2D eigenvalue weighted by atomic mass is 16.2. The van der Waals surface area contributed by atoms with Crippen molar-refractivity contribution in [3.8, 4) is 0 Å². The Morgan fingerprint density at radius 1 is 0.885 bits per heavy atom. The summed E-state index contributed by atoms with van der Waals surface area (Å²) in [6.07, 6.45) is 0. The highest BCUT2D eigenvalue weighted by Gasteiger charge is 2.45. The number of carbonyl (C=O) groups is 4. The number of amides is 4. The van der Waals surface area contributed by atoms with Crippen molar-refractivity contribution >= 4 is 23.6 Å². The fraction of sp³-hybridized carbons (Fsp3) is 0.200. The van der Waals surface area contributed by atoms with Gasteiger partial charge in [0.2, 0.25) is 0 Å². The summed E-state index contributed by atoms with van der Waals surface area (Å²) in [5.74, 6) is -2.25. The first-order chi connectivity index (χ1) is 12.4. The Labute approximate surface area is 151 Å². The number of benzene rings is 2. The van der Waals surface area contributed by atoms with Crippen LogP contribution in [0.2, 0.25) is 0 Å². The number of imide groups is 2. The first kappa shape index (κ1) is 17.5. The third-order valence-corrected chi connectivity index (χ3v) is 4.31. The predicted molar refractivity (Wildman–Crippen MR) is 94.3 cm³/mol. The van der Waals surface area contributed by atoms with Gasteiger partial charge < -0.3 is 0 Å². The lowest BCUT2D eigenvalue weighted by Gasteiger charge is -2.15. The molecule has 0 aliphatic carbocycles. The molecule has 0 radical (unpaired) electrons. The highest BCUT2D eigenvalue weighted by Crippen LogP contribution is 2.18. The van der Waals surface area contributed by atoms with Crippen LogP contribution in [0.4, 0.5) is 4.79 Å². The van der Waals surface area contributed by atoms with Gasteiger partial charge in [-0.2, -0.15) is 0 Å². The van der Waals surface area contributed by atoms with E-state index in [1.54, 1.807) is 37.3 Å². The summed E-state index contributed by atoms with van der Waals surface area (Å²) >= 11 is 0. The third-order valence-electron chi connectivity index (χ3n) is 4.31. The first-order valence-corrected chi connectivity index (χ1v) is 8.20. The lowest BCUT2D eigenvalue weighted by Crippen LogP contribution is -2.37. The molecule has 2 aromatic carbocycles. The summed E-state index contributed by atoms with van der Waals surface area (Å²) in [7, 11) is 0. The second-order valence-corrected chi connectivity index (χ2v) is 6.29. The lowest BCUT2D eigenvalue weighted by molar-refractivity contribution is -0.143. The number of rotatable bonds is 5. The van der Waals surface area contributed by atoms with Gasteiger partial charge in [0.25, 0.3) is 0 Å². The number of hydrogen-bond donors (Lipinski definition) is 0. The Morgan fingerprint density at radius 3 is 2.23 bits per heavy atom. The van der Waals surface area contributed by atoms with Crippen LogP contribution in [0.15, 0.2) is 48.5 Å². The second kappa shape index (κ2) is 6.92. The highest BCUT2D eigenvalue weighted by molar-refractivity contribution is 6.45. The number of carbonyl (C=O) groups excluding carboxylic acids is 4. The molecule has 0 spiro atoms. The SMILES string of the molecule is Cc1ccc(C)c(C(=O)CN2C(=O)C(=O)N(Cc3ccccc3)C2=O)c1. The molecule has 2 aromatic rings. The maximum absolute atomic E-state index is 12.6. The fourth-order valence-corrected chi connectivity index (χ4v) is 2.86. The van der Waals surface area contributed by atoms with Crippen molar-refractivity contribution < 1.29 is 19.2 Å². The van der Waals surface area contributed by atoms with Gasteiger partial charge in [-0.3, -0.25) is 19.3 Å². The van der Waals surface area contributed by atoms with E-state index in [4.69, 9.17) is 0 Å². The molecule has 1 aliphatic heterocycles. The molecule has 4 amide bonds. The summed E-state index contributed by atoms with van der Waals surface area (Å²) in [6, 6.07) is 13.5. The first-order valence-electron chi connectivity index (χ1n) is 8.20. The van der Waals surface area contributed by atoms with Gasteiger partial charge in [-0.15, -0.1) is 0 Å². The maximum Gasteiger partial charge on any atom is 0.334 e. The van der Waals surface area contributed by atoms with Gasteiger partial charge in [0.15, 0.2) is 5.78 Å². The van der Waals surface area contributed by atoms with Crippen LogP contribution < -0.4 is 0 Å². The molecule has 26 heavy (non-hydrogen) atoms. The lowest BCUT2D eigenvalue weighted by atomic mass is 10.0. The Morgan fingerprint density at radius 2 is 1.54 bits per heavy atom.